The summed E-state index contributed by atoms with van der Waals surface area (Å²) in [6.45, 7) is 5.41. The van der Waals surface area contributed by atoms with Gasteiger partial charge in [0.1, 0.15) is 11.5 Å². The quantitative estimate of drug-likeness (QED) is 0.0375. The van der Waals surface area contributed by atoms with Crippen LogP contribution in [0.3, 0.4) is 0 Å². The molecule has 45 heavy (non-hydrogen) atoms. The van der Waals surface area contributed by atoms with Gasteiger partial charge in [0.2, 0.25) is 11.9 Å². The highest BCUT2D eigenvalue weighted by molar-refractivity contribution is 7.22. The number of aromatic nitrogens is 1. The number of thiazole rings is 1. The van der Waals surface area contributed by atoms with Crippen molar-refractivity contribution in [1.82, 2.24) is 4.98 Å². The van der Waals surface area contributed by atoms with Crippen molar-refractivity contribution in [1.29, 1.82) is 0 Å². The minimum absolute atomic E-state index is 0.197. The van der Waals surface area contributed by atoms with Gasteiger partial charge in [0.25, 0.3) is 0 Å². The summed E-state index contributed by atoms with van der Waals surface area (Å²) in [5.41, 5.74) is 6.94. The Balaban J connectivity index is 1.22. The smallest absolute Gasteiger partial charge is 0.333 e. The highest BCUT2D eigenvalue weighted by Gasteiger charge is 2.23. The van der Waals surface area contributed by atoms with Crippen LogP contribution in [0.5, 0.6) is 11.5 Å². The maximum Gasteiger partial charge on any atom is 0.333 e. The highest BCUT2D eigenvalue weighted by atomic mass is 32.1. The number of nitrogens with zero attached hydrogens (tertiary/aromatic N) is 2. The van der Waals surface area contributed by atoms with E-state index in [4.69, 9.17) is 14.2 Å². The monoisotopic (exact) mass is 625 g/mol. The molecule has 1 saturated carbocycles. The molecule has 8 nitrogen and oxygen atoms in total. The number of hydrogen-bond acceptors (Lipinski definition) is 9. The molecule has 1 aromatic heterocycles. The molecule has 0 unspecified atom stereocenters. The van der Waals surface area contributed by atoms with Crippen molar-refractivity contribution in [2.75, 3.05) is 12.2 Å². The van der Waals surface area contributed by atoms with Crippen LogP contribution < -0.4 is 14.9 Å². The molecule has 9 heteroatoms. The molecule has 1 aliphatic rings. The standard InChI is InChI=1S/C36H39N3O5S/c1-3-7-25-10-15-27(16-11-25)28-17-20-32(29(22-28)23-37-39-36-38-31-8-5-6-9-33(31)45-36)44-35(41)21-14-26-12-18-30(19-13-26)42-24-43-34(40)4-2/h4-6,8-9,12-13,17-20,22-23,25,27H,2-3,7,10-11,14-16,21,24H2,1H3,(H,38,39)/b37-23+. The zero-order valence-corrected chi connectivity index (χ0v) is 26.4. The van der Waals surface area contributed by atoms with Gasteiger partial charge in [-0.25, -0.2) is 9.78 Å². The highest BCUT2D eigenvalue weighted by Crippen LogP contribution is 2.38. The lowest BCUT2D eigenvalue weighted by molar-refractivity contribution is -0.144. The Hall–Kier alpha value is -4.50. The number of esters is 2. The summed E-state index contributed by atoms with van der Waals surface area (Å²) in [6.07, 6.45) is 10.9. The number of rotatable bonds is 14. The predicted molar refractivity (Wildman–Crippen MR) is 179 cm³/mol. The van der Waals surface area contributed by atoms with Gasteiger partial charge in [-0.1, -0.05) is 68.0 Å². The summed E-state index contributed by atoms with van der Waals surface area (Å²) < 4.78 is 17.2. The van der Waals surface area contributed by atoms with E-state index >= 15 is 0 Å². The zero-order valence-electron chi connectivity index (χ0n) is 25.6. The summed E-state index contributed by atoms with van der Waals surface area (Å²) in [4.78, 5) is 28.7. The van der Waals surface area contributed by atoms with Gasteiger partial charge in [-0.3, -0.25) is 10.2 Å². The molecular weight excluding hydrogens is 586 g/mol. The normalized spacial score (nSPS) is 16.4. The SMILES string of the molecule is C=CC(=O)OCOc1ccc(CCC(=O)Oc2ccc(C3CCC(CCC)CC3)cc2/C=N/Nc2nc3ccccc3s2)cc1. The van der Waals surface area contributed by atoms with E-state index < -0.39 is 5.97 Å². The molecule has 0 bridgehead atoms. The van der Waals surface area contributed by atoms with Crippen LogP contribution in [0.15, 0.2) is 84.5 Å². The molecule has 0 amide bonds. The number of ether oxygens (including phenoxy) is 3. The van der Waals surface area contributed by atoms with Crippen molar-refractivity contribution in [2.24, 2.45) is 11.0 Å². The second kappa shape index (κ2) is 16.0. The van der Waals surface area contributed by atoms with Gasteiger partial charge in [-0.15, -0.1) is 0 Å². The molecule has 1 heterocycles. The molecule has 0 radical (unpaired) electrons. The molecular formula is C36H39N3O5S. The van der Waals surface area contributed by atoms with E-state index in [9.17, 15) is 9.59 Å². The van der Waals surface area contributed by atoms with E-state index in [0.717, 1.165) is 33.3 Å². The van der Waals surface area contributed by atoms with Gasteiger partial charge in [-0.2, -0.15) is 5.10 Å². The van der Waals surface area contributed by atoms with Gasteiger partial charge in [0.15, 0.2) is 0 Å². The van der Waals surface area contributed by atoms with Crippen LogP contribution in [-0.2, 0) is 20.7 Å². The largest absolute Gasteiger partial charge is 0.457 e. The van der Waals surface area contributed by atoms with Crippen LogP contribution in [0.2, 0.25) is 0 Å². The first-order valence-corrected chi connectivity index (χ1v) is 16.3. The predicted octanol–water partition coefficient (Wildman–Crippen LogP) is 8.42. The Bertz CT molecular complexity index is 1590. The number of nitrogens with one attached hydrogen (secondary N) is 1. The number of fused-ring (bicyclic) bond motifs is 1. The third kappa shape index (κ3) is 9.25. The number of hydrogen-bond donors (Lipinski definition) is 1. The molecule has 1 aliphatic carbocycles. The molecule has 4 aromatic rings. The molecule has 0 atom stereocenters. The Morgan fingerprint density at radius 2 is 1.87 bits per heavy atom. The molecule has 5 rings (SSSR count). The third-order valence-corrected chi connectivity index (χ3v) is 9.01. The summed E-state index contributed by atoms with van der Waals surface area (Å²) in [5.74, 6) is 1.49. The molecule has 1 fully saturated rings. The fourth-order valence-corrected chi connectivity index (χ4v) is 6.49. The first-order chi connectivity index (χ1) is 22.0. The summed E-state index contributed by atoms with van der Waals surface area (Å²) in [5, 5.41) is 5.17. The number of aryl methyl sites for hydroxylation is 1. The number of carbonyl (C=O) groups is 2. The number of para-hydroxylation sites is 1. The van der Waals surface area contributed by atoms with Gasteiger partial charge in [0, 0.05) is 18.1 Å². The van der Waals surface area contributed by atoms with Gasteiger partial charge in [-0.05, 0) is 91.5 Å². The van der Waals surface area contributed by atoms with Crippen LogP contribution in [0, 0.1) is 5.92 Å². The van der Waals surface area contributed by atoms with Crippen molar-refractivity contribution in [2.45, 2.75) is 64.2 Å². The van der Waals surface area contributed by atoms with Crippen molar-refractivity contribution >= 4 is 44.8 Å². The molecule has 0 saturated heterocycles. The Labute approximate surface area is 268 Å². The number of benzene rings is 3. The lowest BCUT2D eigenvalue weighted by atomic mass is 9.77. The van der Waals surface area contributed by atoms with E-state index in [-0.39, 0.29) is 19.2 Å². The van der Waals surface area contributed by atoms with Gasteiger partial charge < -0.3 is 14.2 Å². The summed E-state index contributed by atoms with van der Waals surface area (Å²) in [6, 6.07) is 21.3. The van der Waals surface area contributed by atoms with Crippen LogP contribution >= 0.6 is 11.3 Å². The minimum Gasteiger partial charge on any atom is -0.457 e. The van der Waals surface area contributed by atoms with E-state index in [1.165, 1.54) is 55.4 Å². The van der Waals surface area contributed by atoms with Crippen molar-refractivity contribution < 1.29 is 23.8 Å². The van der Waals surface area contributed by atoms with Crippen LogP contribution in [0.25, 0.3) is 10.2 Å². The van der Waals surface area contributed by atoms with E-state index in [0.29, 0.717) is 29.0 Å². The van der Waals surface area contributed by atoms with Crippen molar-refractivity contribution in [3.63, 3.8) is 0 Å². The second-order valence-corrected chi connectivity index (χ2v) is 12.2. The van der Waals surface area contributed by atoms with E-state index in [2.05, 4.69) is 41.1 Å². The molecule has 234 valence electrons. The average molecular weight is 626 g/mol. The van der Waals surface area contributed by atoms with Crippen LogP contribution in [0.1, 0.15) is 74.5 Å². The van der Waals surface area contributed by atoms with Crippen LogP contribution in [-0.4, -0.2) is 29.9 Å². The van der Waals surface area contributed by atoms with Gasteiger partial charge >= 0.3 is 11.9 Å². The molecule has 0 aliphatic heterocycles. The number of anilines is 1. The third-order valence-electron chi connectivity index (χ3n) is 8.07. The number of hydrazone groups is 1. The minimum atomic E-state index is -0.548. The molecule has 0 spiro atoms. The zero-order chi connectivity index (χ0) is 31.4. The topological polar surface area (TPSA) is 99.1 Å². The first kappa shape index (κ1) is 31.9. The lowest BCUT2D eigenvalue weighted by Crippen LogP contribution is -2.14. The fraction of sp³-hybridized carbons (Fsp3) is 0.333. The van der Waals surface area contributed by atoms with E-state index in [1.54, 1.807) is 18.3 Å². The van der Waals surface area contributed by atoms with Crippen molar-refractivity contribution in [3.05, 3.63) is 96.1 Å². The second-order valence-electron chi connectivity index (χ2n) is 11.2. The maximum absolute atomic E-state index is 12.9. The van der Waals surface area contributed by atoms with E-state index in [1.807, 2.05) is 42.5 Å². The number of carbonyl (C=O) groups excluding carboxylic acids is 2. The maximum atomic E-state index is 12.9. The Morgan fingerprint density at radius 3 is 2.62 bits per heavy atom. The first-order valence-electron chi connectivity index (χ1n) is 15.5. The Morgan fingerprint density at radius 1 is 1.07 bits per heavy atom. The van der Waals surface area contributed by atoms with Crippen LogP contribution in [0.4, 0.5) is 5.13 Å². The van der Waals surface area contributed by atoms with Gasteiger partial charge in [0.05, 0.1) is 16.4 Å². The summed E-state index contributed by atoms with van der Waals surface area (Å²) >= 11 is 1.54. The summed E-state index contributed by atoms with van der Waals surface area (Å²) in [7, 11) is 0. The molecule has 3 aromatic carbocycles. The fourth-order valence-electron chi connectivity index (χ4n) is 5.67. The lowest BCUT2D eigenvalue weighted by Gasteiger charge is -2.29. The average Bonchev–Trinajstić information content (AvgIpc) is 3.48. The molecule has 1 N–H and O–H groups in total. The van der Waals surface area contributed by atoms with Crippen molar-refractivity contribution in [3.8, 4) is 11.5 Å². The Kier molecular flexibility index (Phi) is 11.3.